The Labute approximate surface area is 229 Å². The molecule has 1 spiro atoms. The monoisotopic (exact) mass is 510 g/mol. The van der Waals surface area contributed by atoms with Crippen molar-refractivity contribution in [3.05, 3.63) is 41.2 Å². The quantitative estimate of drug-likeness (QED) is 0.386. The first-order valence-electron chi connectivity index (χ1n) is 15.7. The zero-order chi connectivity index (χ0) is 26.5. The summed E-state index contributed by atoms with van der Waals surface area (Å²) in [5, 5.41) is 0. The summed E-state index contributed by atoms with van der Waals surface area (Å²) in [4.78, 5) is 10.8. The van der Waals surface area contributed by atoms with Crippen LogP contribution >= 0.6 is 0 Å². The fourth-order valence-corrected chi connectivity index (χ4v) is 11.7. The molecule has 4 aliphatic carbocycles. The van der Waals surface area contributed by atoms with E-state index in [1.165, 1.54) is 68.3 Å². The maximum atomic E-state index is 6.84. The number of nitrogens with zero attached hydrogens (tertiary/aromatic N) is 2. The highest BCUT2D eigenvalue weighted by atomic mass is 16.5. The standard InChI is InChI=1S/C35H46N2O/c1-20(2)26-21-14-15-33(6)25(34(21,7)29-28(26)36-23-10-8-9-11-24(23)37-29)13-12-22-27-30-31(3,4)16-18-35(27,38-30)19-17-32(22,33)5/h8-11,20,22,25,27,30H,12-19H2,1-7H3/t22-,25+,27+,30-,32-,33-,34+,35+/m1/s1. The summed E-state index contributed by atoms with van der Waals surface area (Å²) in [5.74, 6) is 2.64. The van der Waals surface area contributed by atoms with Gasteiger partial charge in [0, 0.05) is 11.3 Å². The van der Waals surface area contributed by atoms with E-state index in [1.807, 2.05) is 0 Å². The largest absolute Gasteiger partial charge is 0.370 e. The van der Waals surface area contributed by atoms with Crippen molar-refractivity contribution in [2.24, 2.45) is 39.9 Å². The SMILES string of the molecule is CC(C)C1=C2CC[C@]3(C)[C@H](CC[C@@H]4[C@H]5[C@H]6O[C@@]5(CCC6(C)C)CC[C@]43C)[C@@]2(C)c2nc3ccccc3nc21. The molecule has 2 bridgehead atoms. The third-order valence-corrected chi connectivity index (χ3v) is 13.9. The normalized spacial score (nSPS) is 46.1. The highest BCUT2D eigenvalue weighted by molar-refractivity contribution is 5.84. The Hall–Kier alpha value is -1.74. The number of allylic oxidation sites excluding steroid dienone is 2. The molecule has 38 heavy (non-hydrogen) atoms. The molecule has 2 aliphatic heterocycles. The van der Waals surface area contributed by atoms with Gasteiger partial charge in [0.25, 0.3) is 0 Å². The third kappa shape index (κ3) is 2.54. The molecule has 0 unspecified atom stereocenters. The number of rotatable bonds is 1. The van der Waals surface area contributed by atoms with E-state index >= 15 is 0 Å². The molecule has 3 heterocycles. The average Bonchev–Trinajstić information content (AvgIpc) is 3.11. The molecule has 202 valence electrons. The van der Waals surface area contributed by atoms with Crippen LogP contribution in [0.5, 0.6) is 0 Å². The zero-order valence-electron chi connectivity index (χ0n) is 24.7. The lowest BCUT2D eigenvalue weighted by atomic mass is 9.33. The van der Waals surface area contributed by atoms with Gasteiger partial charge < -0.3 is 4.74 Å². The zero-order valence-corrected chi connectivity index (χ0v) is 24.7. The maximum absolute atomic E-state index is 6.84. The Kier molecular flexibility index (Phi) is 4.51. The Balaban J connectivity index is 1.27. The van der Waals surface area contributed by atoms with Gasteiger partial charge in [-0.15, -0.1) is 0 Å². The number of para-hydroxylation sites is 2. The minimum absolute atomic E-state index is 0.00661. The van der Waals surface area contributed by atoms with Crippen molar-refractivity contribution in [3.8, 4) is 0 Å². The first-order chi connectivity index (χ1) is 18.0. The molecule has 3 heteroatoms. The van der Waals surface area contributed by atoms with Crippen molar-refractivity contribution in [1.82, 2.24) is 9.97 Å². The van der Waals surface area contributed by atoms with Crippen molar-refractivity contribution >= 4 is 16.6 Å². The van der Waals surface area contributed by atoms with Crippen LogP contribution in [-0.4, -0.2) is 21.7 Å². The molecule has 0 N–H and O–H groups in total. The minimum Gasteiger partial charge on any atom is -0.370 e. The first kappa shape index (κ1) is 24.1. The van der Waals surface area contributed by atoms with Crippen LogP contribution in [0.1, 0.15) is 111 Å². The summed E-state index contributed by atoms with van der Waals surface area (Å²) in [5.41, 5.74) is 9.00. The predicted molar refractivity (Wildman–Crippen MR) is 154 cm³/mol. The van der Waals surface area contributed by atoms with Gasteiger partial charge in [-0.05, 0) is 110 Å². The lowest BCUT2D eigenvalue weighted by Gasteiger charge is -2.76. The first-order valence-corrected chi connectivity index (χ1v) is 15.7. The van der Waals surface area contributed by atoms with Crippen LogP contribution in [0.4, 0.5) is 0 Å². The van der Waals surface area contributed by atoms with Crippen LogP contribution in [-0.2, 0) is 10.2 Å². The van der Waals surface area contributed by atoms with Crippen molar-refractivity contribution < 1.29 is 4.74 Å². The highest BCUT2D eigenvalue weighted by Crippen LogP contribution is 2.77. The van der Waals surface area contributed by atoms with Gasteiger partial charge in [-0.3, -0.25) is 0 Å². The summed E-state index contributed by atoms with van der Waals surface area (Å²) in [6, 6.07) is 8.53. The molecule has 1 aromatic heterocycles. The molecule has 0 amide bonds. The van der Waals surface area contributed by atoms with Crippen LogP contribution in [0.15, 0.2) is 29.8 Å². The molecular formula is C35H46N2O. The van der Waals surface area contributed by atoms with Crippen LogP contribution in [0.2, 0.25) is 0 Å². The van der Waals surface area contributed by atoms with Crippen LogP contribution in [0.25, 0.3) is 16.6 Å². The Morgan fingerprint density at radius 2 is 1.55 bits per heavy atom. The minimum atomic E-state index is -0.00661. The fourth-order valence-electron chi connectivity index (χ4n) is 11.7. The highest BCUT2D eigenvalue weighted by Gasteiger charge is 2.75. The molecule has 6 aliphatic rings. The number of fused-ring (bicyclic) bond motifs is 11. The molecule has 8 atom stereocenters. The molecule has 2 aromatic rings. The number of benzene rings is 1. The Bertz CT molecular complexity index is 1400. The van der Waals surface area contributed by atoms with Gasteiger partial charge in [0.05, 0.1) is 34.1 Å². The van der Waals surface area contributed by atoms with E-state index < -0.39 is 0 Å². The smallest absolute Gasteiger partial charge is 0.0896 e. The van der Waals surface area contributed by atoms with Crippen molar-refractivity contribution in [2.45, 2.75) is 117 Å². The Morgan fingerprint density at radius 3 is 2.26 bits per heavy atom. The molecule has 1 aromatic carbocycles. The van der Waals surface area contributed by atoms with Gasteiger partial charge >= 0.3 is 0 Å². The maximum Gasteiger partial charge on any atom is 0.0896 e. The van der Waals surface area contributed by atoms with E-state index in [2.05, 4.69) is 72.7 Å². The summed E-state index contributed by atoms with van der Waals surface area (Å²) >= 11 is 0. The van der Waals surface area contributed by atoms with Gasteiger partial charge in [-0.1, -0.05) is 59.2 Å². The third-order valence-electron chi connectivity index (χ3n) is 13.9. The van der Waals surface area contributed by atoms with Crippen molar-refractivity contribution in [1.29, 1.82) is 0 Å². The molecule has 2 saturated heterocycles. The lowest BCUT2D eigenvalue weighted by Crippen LogP contribution is -2.76. The number of ether oxygens (including phenoxy) is 1. The van der Waals surface area contributed by atoms with Crippen molar-refractivity contribution in [2.75, 3.05) is 0 Å². The molecule has 0 radical (unpaired) electrons. The summed E-state index contributed by atoms with van der Waals surface area (Å²) in [7, 11) is 0. The second-order valence-electron chi connectivity index (χ2n) is 15.8. The molecule has 5 fully saturated rings. The average molecular weight is 511 g/mol. The van der Waals surface area contributed by atoms with E-state index in [9.17, 15) is 0 Å². The number of hydrogen-bond donors (Lipinski definition) is 0. The molecule has 8 rings (SSSR count). The van der Waals surface area contributed by atoms with Gasteiger partial charge in [-0.25, -0.2) is 9.97 Å². The van der Waals surface area contributed by atoms with Gasteiger partial charge in [0.1, 0.15) is 0 Å². The topological polar surface area (TPSA) is 35.0 Å². The van der Waals surface area contributed by atoms with Gasteiger partial charge in [0.2, 0.25) is 0 Å². The summed E-state index contributed by atoms with van der Waals surface area (Å²) in [6.07, 6.45) is 10.9. The van der Waals surface area contributed by atoms with Crippen LogP contribution in [0.3, 0.4) is 0 Å². The lowest BCUT2D eigenvalue weighted by molar-refractivity contribution is -0.381. The second-order valence-corrected chi connectivity index (χ2v) is 15.8. The van der Waals surface area contributed by atoms with E-state index in [4.69, 9.17) is 14.7 Å². The van der Waals surface area contributed by atoms with E-state index in [0.29, 0.717) is 34.2 Å². The fraction of sp³-hybridized carbons (Fsp3) is 0.714. The molecule has 3 nitrogen and oxygen atoms in total. The number of hydrogen-bond acceptors (Lipinski definition) is 3. The van der Waals surface area contributed by atoms with Crippen molar-refractivity contribution in [3.63, 3.8) is 0 Å². The predicted octanol–water partition coefficient (Wildman–Crippen LogP) is 8.51. The van der Waals surface area contributed by atoms with Gasteiger partial charge in [0.15, 0.2) is 0 Å². The Morgan fingerprint density at radius 1 is 0.842 bits per heavy atom. The number of aromatic nitrogens is 2. The van der Waals surface area contributed by atoms with E-state index in [-0.39, 0.29) is 11.0 Å². The summed E-state index contributed by atoms with van der Waals surface area (Å²) < 4.78 is 6.84. The molecular weight excluding hydrogens is 464 g/mol. The van der Waals surface area contributed by atoms with E-state index in [0.717, 1.165) is 22.9 Å². The van der Waals surface area contributed by atoms with Crippen LogP contribution < -0.4 is 0 Å². The van der Waals surface area contributed by atoms with Gasteiger partial charge in [-0.2, -0.15) is 0 Å². The van der Waals surface area contributed by atoms with E-state index in [1.54, 1.807) is 5.57 Å². The summed E-state index contributed by atoms with van der Waals surface area (Å²) in [6.45, 7) is 17.7. The van der Waals surface area contributed by atoms with Crippen LogP contribution in [0, 0.1) is 39.9 Å². The molecule has 3 saturated carbocycles. The second kappa shape index (κ2) is 7.12.